The highest BCUT2D eigenvalue weighted by atomic mass is 32.1. The van der Waals surface area contributed by atoms with Gasteiger partial charge in [-0.15, -0.1) is 0 Å². The topological polar surface area (TPSA) is 67.9 Å². The number of rotatable bonds is 8. The van der Waals surface area contributed by atoms with E-state index in [1.54, 1.807) is 6.20 Å². The Balaban J connectivity index is 1.35. The zero-order chi connectivity index (χ0) is 25.1. The fraction of sp³-hybridized carbons (Fsp3) is 0.192. The number of nitrogens with two attached hydrogens (primary N) is 1. The molecule has 5 nitrogen and oxygen atoms in total. The van der Waals surface area contributed by atoms with E-state index in [0.717, 1.165) is 48.6 Å². The molecule has 0 aliphatic heterocycles. The number of hydrogen-bond acceptors (Lipinski definition) is 7. The minimum Gasteiger partial charge on any atom is -0.342 e. The number of nitrogens with zero attached hydrogens (tertiary/aromatic N) is 4. The Bertz CT molecular complexity index is 1400. The van der Waals surface area contributed by atoms with Crippen molar-refractivity contribution in [3.8, 4) is 9.88 Å². The van der Waals surface area contributed by atoms with Crippen molar-refractivity contribution >= 4 is 38.2 Å². The van der Waals surface area contributed by atoms with Gasteiger partial charge < -0.3 is 10.6 Å². The third-order valence-corrected chi connectivity index (χ3v) is 7.80. The van der Waals surface area contributed by atoms with Gasteiger partial charge in [-0.3, -0.25) is 0 Å². The molecule has 3 aromatic heterocycles. The number of aromatic nitrogens is 3. The van der Waals surface area contributed by atoms with Crippen molar-refractivity contribution in [1.82, 2.24) is 15.0 Å². The molecule has 1 atom stereocenters. The lowest BCUT2D eigenvalue weighted by Crippen LogP contribution is -2.38. The molecule has 0 saturated carbocycles. The summed E-state index contributed by atoms with van der Waals surface area (Å²) in [5.41, 5.74) is 8.55. The van der Waals surface area contributed by atoms with E-state index in [0.29, 0.717) is 19.5 Å². The lowest BCUT2D eigenvalue weighted by atomic mass is 10.0. The van der Waals surface area contributed by atoms with Gasteiger partial charge in [0, 0.05) is 25.3 Å². The van der Waals surface area contributed by atoms with Crippen LogP contribution < -0.4 is 10.6 Å². The largest absolute Gasteiger partial charge is 0.416 e. The summed E-state index contributed by atoms with van der Waals surface area (Å²) in [7, 11) is 0. The predicted molar refractivity (Wildman–Crippen MR) is 139 cm³/mol. The molecular weight excluding hydrogens is 503 g/mol. The van der Waals surface area contributed by atoms with Crippen LogP contribution in [0.5, 0.6) is 0 Å². The van der Waals surface area contributed by atoms with Gasteiger partial charge in [-0.05, 0) is 41.8 Å². The summed E-state index contributed by atoms with van der Waals surface area (Å²) in [4.78, 5) is 17.7. The second kappa shape index (κ2) is 10.3. The van der Waals surface area contributed by atoms with E-state index in [4.69, 9.17) is 5.73 Å². The SMILES string of the molecule is N[C@@H](Cc1ccc(C(F)(F)F)cc1)CN(Cc1ccccc1)c1ncc(-c2nc3cccnc3s2)s1. The molecule has 10 heteroatoms. The maximum Gasteiger partial charge on any atom is 0.416 e. The molecule has 0 aliphatic rings. The molecule has 0 saturated heterocycles. The molecule has 36 heavy (non-hydrogen) atoms. The summed E-state index contributed by atoms with van der Waals surface area (Å²) in [6.45, 7) is 1.10. The van der Waals surface area contributed by atoms with Crippen molar-refractivity contribution in [3.63, 3.8) is 0 Å². The van der Waals surface area contributed by atoms with Crippen molar-refractivity contribution in [1.29, 1.82) is 0 Å². The van der Waals surface area contributed by atoms with Gasteiger partial charge in [0.05, 0.1) is 16.6 Å². The van der Waals surface area contributed by atoms with E-state index < -0.39 is 11.7 Å². The van der Waals surface area contributed by atoms with Crippen LogP contribution in [0.1, 0.15) is 16.7 Å². The minimum absolute atomic E-state index is 0.301. The number of anilines is 1. The smallest absolute Gasteiger partial charge is 0.342 e. The van der Waals surface area contributed by atoms with Crippen LogP contribution in [0, 0.1) is 0 Å². The second-order valence-corrected chi connectivity index (χ2v) is 10.4. The van der Waals surface area contributed by atoms with Gasteiger partial charge >= 0.3 is 6.18 Å². The van der Waals surface area contributed by atoms with E-state index in [2.05, 4.69) is 19.9 Å². The molecular formula is C26H22F3N5S2. The third-order valence-electron chi connectivity index (χ3n) is 5.59. The number of alkyl halides is 3. The molecule has 0 fully saturated rings. The van der Waals surface area contributed by atoms with E-state index in [-0.39, 0.29) is 6.04 Å². The summed E-state index contributed by atoms with van der Waals surface area (Å²) in [6.07, 6.45) is -0.334. The normalized spacial score (nSPS) is 12.7. The third kappa shape index (κ3) is 5.72. The van der Waals surface area contributed by atoms with Crippen molar-refractivity contribution < 1.29 is 13.2 Å². The maximum absolute atomic E-state index is 12.9. The molecule has 5 aromatic rings. The summed E-state index contributed by atoms with van der Waals surface area (Å²) in [6, 6.07) is 18.7. The number of hydrogen-bond donors (Lipinski definition) is 1. The lowest BCUT2D eigenvalue weighted by molar-refractivity contribution is -0.137. The van der Waals surface area contributed by atoms with Crippen LogP contribution in [-0.4, -0.2) is 27.5 Å². The number of benzene rings is 2. The van der Waals surface area contributed by atoms with Crippen LogP contribution >= 0.6 is 22.7 Å². The second-order valence-electron chi connectivity index (χ2n) is 8.38. The van der Waals surface area contributed by atoms with E-state index in [1.807, 2.05) is 48.7 Å². The van der Waals surface area contributed by atoms with Gasteiger partial charge in [0.1, 0.15) is 15.4 Å². The molecule has 0 amide bonds. The molecule has 2 aromatic carbocycles. The summed E-state index contributed by atoms with van der Waals surface area (Å²) < 4.78 is 38.7. The summed E-state index contributed by atoms with van der Waals surface area (Å²) in [5, 5.41) is 1.67. The molecule has 0 unspecified atom stereocenters. The van der Waals surface area contributed by atoms with Gasteiger partial charge in [0.2, 0.25) is 0 Å². The molecule has 5 rings (SSSR count). The van der Waals surface area contributed by atoms with Crippen molar-refractivity contribution in [3.05, 3.63) is 95.8 Å². The number of thiazole rings is 2. The van der Waals surface area contributed by atoms with Gasteiger partial charge in [-0.25, -0.2) is 15.0 Å². The van der Waals surface area contributed by atoms with Crippen LogP contribution in [0.2, 0.25) is 0 Å². The lowest BCUT2D eigenvalue weighted by Gasteiger charge is -2.25. The first kappa shape index (κ1) is 24.4. The van der Waals surface area contributed by atoms with Gasteiger partial charge in [0.25, 0.3) is 0 Å². The maximum atomic E-state index is 12.9. The van der Waals surface area contributed by atoms with Crippen molar-refractivity contribution in [2.24, 2.45) is 5.73 Å². The van der Waals surface area contributed by atoms with E-state index in [1.165, 1.54) is 34.8 Å². The first-order chi connectivity index (χ1) is 17.3. The first-order valence-corrected chi connectivity index (χ1v) is 12.9. The predicted octanol–water partition coefficient (Wildman–Crippen LogP) is 6.41. The average molecular weight is 526 g/mol. The quantitative estimate of drug-likeness (QED) is 0.254. The van der Waals surface area contributed by atoms with Crippen LogP contribution in [0.15, 0.2) is 79.1 Å². The Morgan fingerprint density at radius 3 is 2.39 bits per heavy atom. The van der Waals surface area contributed by atoms with Crippen LogP contribution in [0.25, 0.3) is 20.2 Å². The van der Waals surface area contributed by atoms with Crippen LogP contribution in [0.3, 0.4) is 0 Å². The van der Waals surface area contributed by atoms with Crippen molar-refractivity contribution in [2.75, 3.05) is 11.4 Å². The number of fused-ring (bicyclic) bond motifs is 1. The van der Waals surface area contributed by atoms with Crippen molar-refractivity contribution in [2.45, 2.75) is 25.2 Å². The highest BCUT2D eigenvalue weighted by Crippen LogP contribution is 2.36. The highest BCUT2D eigenvalue weighted by molar-refractivity contribution is 7.26. The fourth-order valence-electron chi connectivity index (χ4n) is 3.88. The minimum atomic E-state index is -4.35. The fourth-order valence-corrected chi connectivity index (χ4v) is 5.75. The van der Waals surface area contributed by atoms with Crippen LogP contribution in [0.4, 0.5) is 18.3 Å². The van der Waals surface area contributed by atoms with E-state index in [9.17, 15) is 13.2 Å². The highest BCUT2D eigenvalue weighted by Gasteiger charge is 2.30. The zero-order valence-corrected chi connectivity index (χ0v) is 20.7. The monoisotopic (exact) mass is 525 g/mol. The molecule has 0 aliphatic carbocycles. The standard InChI is InChI=1S/C26H22F3N5S2/c27-26(28,29)19-10-8-17(9-11-19)13-20(30)16-34(15-18-5-2-1-3-6-18)25-32-14-22(35-25)24-33-21-7-4-12-31-23(21)36-24/h1-12,14,20H,13,15-16,30H2/t20-/m0/s1. The number of halogens is 3. The van der Waals surface area contributed by atoms with Gasteiger partial charge in [0.15, 0.2) is 5.13 Å². The van der Waals surface area contributed by atoms with Crippen LogP contribution in [-0.2, 0) is 19.1 Å². The first-order valence-electron chi connectivity index (χ1n) is 11.2. The Morgan fingerprint density at radius 1 is 0.889 bits per heavy atom. The Labute approximate surface area is 214 Å². The Hall–Kier alpha value is -3.34. The summed E-state index contributed by atoms with van der Waals surface area (Å²) in [5.74, 6) is 0. The van der Waals surface area contributed by atoms with Gasteiger partial charge in [-0.1, -0.05) is 65.1 Å². The average Bonchev–Trinajstić information content (AvgIpc) is 3.51. The summed E-state index contributed by atoms with van der Waals surface area (Å²) >= 11 is 3.06. The molecule has 0 radical (unpaired) electrons. The Kier molecular flexibility index (Phi) is 6.99. The molecule has 3 heterocycles. The molecule has 0 spiro atoms. The van der Waals surface area contributed by atoms with Gasteiger partial charge in [-0.2, -0.15) is 13.2 Å². The van der Waals surface area contributed by atoms with E-state index >= 15 is 0 Å². The zero-order valence-electron chi connectivity index (χ0n) is 19.0. The Morgan fingerprint density at radius 2 is 1.67 bits per heavy atom. The molecule has 184 valence electrons. The number of pyridine rings is 1. The molecule has 2 N–H and O–H groups in total. The molecule has 0 bridgehead atoms.